The number of rotatable bonds is 4. The molecule has 1 amide bonds. The zero-order valence-corrected chi connectivity index (χ0v) is 14.2. The maximum Gasteiger partial charge on any atom is 0.224 e. The molecule has 1 aliphatic rings. The van der Waals surface area contributed by atoms with Crippen LogP contribution in [0.4, 0.5) is 5.69 Å². The van der Waals surface area contributed by atoms with Crippen molar-refractivity contribution in [3.05, 3.63) is 42.4 Å². The van der Waals surface area contributed by atoms with Crippen molar-refractivity contribution in [1.29, 1.82) is 0 Å². The Morgan fingerprint density at radius 2 is 2.17 bits per heavy atom. The van der Waals surface area contributed by atoms with Gasteiger partial charge in [-0.15, -0.1) is 0 Å². The summed E-state index contributed by atoms with van der Waals surface area (Å²) in [6.45, 7) is 1.82. The van der Waals surface area contributed by atoms with Crippen molar-refractivity contribution in [2.45, 2.75) is 19.8 Å². The van der Waals surface area contributed by atoms with Gasteiger partial charge in [-0.1, -0.05) is 12.1 Å². The molecule has 24 heavy (non-hydrogen) atoms. The lowest BCUT2D eigenvalue weighted by Gasteiger charge is -2.10. The minimum atomic E-state index is -2.95. The number of hydrogen-bond acceptors (Lipinski definition) is 5. The molecule has 126 valence electrons. The Kier molecular flexibility index (Phi) is 4.62. The van der Waals surface area contributed by atoms with Crippen molar-refractivity contribution in [2.75, 3.05) is 16.8 Å². The van der Waals surface area contributed by atoms with Crippen molar-refractivity contribution >= 4 is 21.4 Å². The maximum absolute atomic E-state index is 12.1. The molecular formula is C17H19N3O3S. The van der Waals surface area contributed by atoms with Crippen LogP contribution in [0.1, 0.15) is 18.7 Å². The normalized spacial score (nSPS) is 19.1. The van der Waals surface area contributed by atoms with Crippen LogP contribution in [0.2, 0.25) is 0 Å². The molecule has 2 aromatic rings. The van der Waals surface area contributed by atoms with E-state index in [1.165, 1.54) is 0 Å². The topological polar surface area (TPSA) is 89.0 Å². The second-order valence-corrected chi connectivity index (χ2v) is 8.32. The van der Waals surface area contributed by atoms with Crippen LogP contribution in [0, 0.1) is 12.8 Å². The Balaban J connectivity index is 1.67. The molecule has 0 saturated carbocycles. The fourth-order valence-electron chi connectivity index (χ4n) is 2.88. The van der Waals surface area contributed by atoms with Gasteiger partial charge >= 0.3 is 0 Å². The molecule has 0 aliphatic carbocycles. The van der Waals surface area contributed by atoms with Gasteiger partial charge in [-0.2, -0.15) is 0 Å². The number of anilines is 1. The number of carbonyl (C=O) groups is 1. The van der Waals surface area contributed by atoms with E-state index in [1.54, 1.807) is 12.3 Å². The summed E-state index contributed by atoms with van der Waals surface area (Å²) < 4.78 is 22.9. The summed E-state index contributed by atoms with van der Waals surface area (Å²) in [5.41, 5.74) is 2.36. The first-order valence-electron chi connectivity index (χ1n) is 7.82. The van der Waals surface area contributed by atoms with E-state index < -0.39 is 9.84 Å². The highest BCUT2D eigenvalue weighted by molar-refractivity contribution is 7.91. The van der Waals surface area contributed by atoms with E-state index in [-0.39, 0.29) is 29.8 Å². The van der Waals surface area contributed by atoms with Crippen molar-refractivity contribution in [3.63, 3.8) is 0 Å². The molecular weight excluding hydrogens is 326 g/mol. The third kappa shape index (κ3) is 4.17. The number of hydrogen-bond donors (Lipinski definition) is 1. The highest BCUT2D eigenvalue weighted by Crippen LogP contribution is 2.24. The summed E-state index contributed by atoms with van der Waals surface area (Å²) in [7, 11) is -2.95. The standard InChI is InChI=1S/C17H19N3O3S/c1-12-18-7-5-16(19-12)14-3-2-4-15(10-14)20-17(21)9-13-6-8-24(22,23)11-13/h2-5,7,10,13H,6,8-9,11H2,1H3,(H,20,21)/t13-/m0/s1. The van der Waals surface area contributed by atoms with Gasteiger partial charge in [0.15, 0.2) is 9.84 Å². The van der Waals surface area contributed by atoms with Gasteiger partial charge in [0.05, 0.1) is 17.2 Å². The Morgan fingerprint density at radius 3 is 2.88 bits per heavy atom. The highest BCUT2D eigenvalue weighted by Gasteiger charge is 2.29. The highest BCUT2D eigenvalue weighted by atomic mass is 32.2. The molecule has 1 aliphatic heterocycles. The van der Waals surface area contributed by atoms with E-state index in [2.05, 4.69) is 15.3 Å². The van der Waals surface area contributed by atoms with E-state index >= 15 is 0 Å². The molecule has 0 radical (unpaired) electrons. The molecule has 1 aromatic carbocycles. The second kappa shape index (κ2) is 6.68. The minimum Gasteiger partial charge on any atom is -0.326 e. The molecule has 1 atom stereocenters. The molecule has 1 N–H and O–H groups in total. The van der Waals surface area contributed by atoms with Gasteiger partial charge in [0.2, 0.25) is 5.91 Å². The van der Waals surface area contributed by atoms with Crippen LogP contribution in [0.15, 0.2) is 36.5 Å². The van der Waals surface area contributed by atoms with Gasteiger partial charge in [-0.3, -0.25) is 4.79 Å². The van der Waals surface area contributed by atoms with Crippen LogP contribution in [-0.4, -0.2) is 35.8 Å². The number of aryl methyl sites for hydroxylation is 1. The molecule has 0 unspecified atom stereocenters. The smallest absolute Gasteiger partial charge is 0.224 e. The fourth-order valence-corrected chi connectivity index (χ4v) is 4.74. The molecule has 1 saturated heterocycles. The Labute approximate surface area is 141 Å². The van der Waals surface area contributed by atoms with E-state index in [1.807, 2.05) is 31.2 Å². The lowest BCUT2D eigenvalue weighted by Crippen LogP contribution is -2.17. The number of carbonyl (C=O) groups excluding carboxylic acids is 1. The van der Waals surface area contributed by atoms with Gasteiger partial charge in [-0.05, 0) is 37.5 Å². The van der Waals surface area contributed by atoms with Gasteiger partial charge < -0.3 is 5.32 Å². The Bertz CT molecular complexity index is 865. The number of amides is 1. The van der Waals surface area contributed by atoms with Crippen LogP contribution >= 0.6 is 0 Å². The van der Waals surface area contributed by atoms with Crippen LogP contribution in [0.3, 0.4) is 0 Å². The third-order valence-corrected chi connectivity index (χ3v) is 5.86. The van der Waals surface area contributed by atoms with E-state index in [9.17, 15) is 13.2 Å². The van der Waals surface area contributed by atoms with E-state index in [4.69, 9.17) is 0 Å². The van der Waals surface area contributed by atoms with Crippen molar-refractivity contribution in [1.82, 2.24) is 9.97 Å². The van der Waals surface area contributed by atoms with Crippen molar-refractivity contribution in [2.24, 2.45) is 5.92 Å². The average Bonchev–Trinajstić information content (AvgIpc) is 2.86. The van der Waals surface area contributed by atoms with Crippen molar-refractivity contribution in [3.8, 4) is 11.3 Å². The first-order chi connectivity index (χ1) is 11.4. The van der Waals surface area contributed by atoms with Crippen LogP contribution < -0.4 is 5.32 Å². The molecule has 2 heterocycles. The summed E-state index contributed by atoms with van der Waals surface area (Å²) >= 11 is 0. The quantitative estimate of drug-likeness (QED) is 0.918. The van der Waals surface area contributed by atoms with Gasteiger partial charge in [0.25, 0.3) is 0 Å². The van der Waals surface area contributed by atoms with E-state index in [0.29, 0.717) is 17.9 Å². The zero-order valence-electron chi connectivity index (χ0n) is 13.4. The average molecular weight is 345 g/mol. The van der Waals surface area contributed by atoms with Gasteiger partial charge in [0, 0.05) is 23.9 Å². The molecule has 7 heteroatoms. The molecule has 1 fully saturated rings. The summed E-state index contributed by atoms with van der Waals surface area (Å²) in [6, 6.07) is 9.24. The SMILES string of the molecule is Cc1nccc(-c2cccc(NC(=O)C[C@@H]3CCS(=O)(=O)C3)c2)n1. The monoisotopic (exact) mass is 345 g/mol. The molecule has 6 nitrogen and oxygen atoms in total. The summed E-state index contributed by atoms with van der Waals surface area (Å²) in [4.78, 5) is 20.6. The number of benzene rings is 1. The predicted octanol–water partition coefficient (Wildman–Crippen LogP) is 2.22. The first-order valence-corrected chi connectivity index (χ1v) is 9.64. The lowest BCUT2D eigenvalue weighted by atomic mass is 10.0. The lowest BCUT2D eigenvalue weighted by molar-refractivity contribution is -0.116. The van der Waals surface area contributed by atoms with Gasteiger partial charge in [-0.25, -0.2) is 18.4 Å². The summed E-state index contributed by atoms with van der Waals surface area (Å²) in [5, 5.41) is 2.84. The summed E-state index contributed by atoms with van der Waals surface area (Å²) in [6.07, 6.45) is 2.50. The second-order valence-electron chi connectivity index (χ2n) is 6.09. The molecule has 0 bridgehead atoms. The van der Waals surface area contributed by atoms with E-state index in [0.717, 1.165) is 11.3 Å². The van der Waals surface area contributed by atoms with Crippen molar-refractivity contribution < 1.29 is 13.2 Å². The Hall–Kier alpha value is -2.28. The number of nitrogens with zero attached hydrogens (tertiary/aromatic N) is 2. The summed E-state index contributed by atoms with van der Waals surface area (Å²) in [5.74, 6) is 0.744. The first kappa shape index (κ1) is 16.6. The minimum absolute atomic E-state index is 0.0808. The Morgan fingerprint density at radius 1 is 1.33 bits per heavy atom. The fraction of sp³-hybridized carbons (Fsp3) is 0.353. The molecule has 0 spiro atoms. The molecule has 1 aromatic heterocycles. The third-order valence-electron chi connectivity index (χ3n) is 4.02. The number of aromatic nitrogens is 2. The van der Waals surface area contributed by atoms with Crippen LogP contribution in [-0.2, 0) is 14.6 Å². The van der Waals surface area contributed by atoms with Gasteiger partial charge in [0.1, 0.15) is 5.82 Å². The predicted molar refractivity (Wildman–Crippen MR) is 92.2 cm³/mol. The number of nitrogens with one attached hydrogen (secondary N) is 1. The van der Waals surface area contributed by atoms with Crippen LogP contribution in [0.25, 0.3) is 11.3 Å². The number of sulfone groups is 1. The van der Waals surface area contributed by atoms with Crippen LogP contribution in [0.5, 0.6) is 0 Å². The zero-order chi connectivity index (χ0) is 17.2. The molecule has 3 rings (SSSR count). The maximum atomic E-state index is 12.1. The largest absolute Gasteiger partial charge is 0.326 e.